The highest BCUT2D eigenvalue weighted by atomic mass is 32.2. The quantitative estimate of drug-likeness (QED) is 0.632. The largest absolute Gasteiger partial charge is 0.471 e. The summed E-state index contributed by atoms with van der Waals surface area (Å²) in [5.74, 6) is -1.56. The lowest BCUT2D eigenvalue weighted by Crippen LogP contribution is -2.35. The van der Waals surface area contributed by atoms with Gasteiger partial charge in [0.05, 0.1) is 9.77 Å². The molecule has 0 radical (unpaired) electrons. The van der Waals surface area contributed by atoms with Gasteiger partial charge in [0, 0.05) is 18.0 Å². The fourth-order valence-electron chi connectivity index (χ4n) is 2.98. The van der Waals surface area contributed by atoms with Crippen molar-refractivity contribution >= 4 is 21.4 Å². The van der Waals surface area contributed by atoms with Crippen LogP contribution >= 0.6 is 11.3 Å². The molecular formula is C17H14F3N3O3S2. The Labute approximate surface area is 162 Å². The lowest BCUT2D eigenvalue weighted by molar-refractivity contribution is -0.159. The first-order valence-electron chi connectivity index (χ1n) is 8.24. The highest BCUT2D eigenvalue weighted by Crippen LogP contribution is 2.36. The normalized spacial score (nSPS) is 15.6. The van der Waals surface area contributed by atoms with Gasteiger partial charge in [-0.15, -0.1) is 11.3 Å². The van der Waals surface area contributed by atoms with Gasteiger partial charge in [0.2, 0.25) is 15.8 Å². The van der Waals surface area contributed by atoms with Crippen LogP contribution in [-0.4, -0.2) is 29.4 Å². The minimum absolute atomic E-state index is 0.153. The Balaban J connectivity index is 1.61. The number of hydrogen-bond acceptors (Lipinski definition) is 6. The van der Waals surface area contributed by atoms with Gasteiger partial charge >= 0.3 is 12.1 Å². The predicted molar refractivity (Wildman–Crippen MR) is 95.1 cm³/mol. The Kier molecular flexibility index (Phi) is 4.55. The van der Waals surface area contributed by atoms with Crippen molar-refractivity contribution < 1.29 is 26.1 Å². The van der Waals surface area contributed by atoms with Crippen molar-refractivity contribution in [2.24, 2.45) is 0 Å². The molecule has 2 aromatic heterocycles. The molecule has 0 spiro atoms. The van der Waals surface area contributed by atoms with Crippen molar-refractivity contribution in [2.45, 2.75) is 31.0 Å². The monoisotopic (exact) mass is 429 g/mol. The third-order valence-electron chi connectivity index (χ3n) is 4.36. The van der Waals surface area contributed by atoms with Crippen molar-refractivity contribution in [1.82, 2.24) is 14.4 Å². The summed E-state index contributed by atoms with van der Waals surface area (Å²) in [5.41, 5.74) is 1.73. The molecule has 0 fully saturated rings. The second kappa shape index (κ2) is 6.68. The number of alkyl halides is 3. The van der Waals surface area contributed by atoms with Crippen LogP contribution in [-0.2, 0) is 29.2 Å². The second-order valence-corrected chi connectivity index (χ2v) is 9.46. The van der Waals surface area contributed by atoms with Crippen LogP contribution in [0, 0.1) is 6.92 Å². The minimum atomic E-state index is -4.71. The zero-order valence-corrected chi connectivity index (χ0v) is 16.2. The molecule has 4 rings (SSSR count). The summed E-state index contributed by atoms with van der Waals surface area (Å²) in [7, 11) is -3.66. The number of aromatic nitrogens is 2. The maximum absolute atomic E-state index is 12.9. The molecule has 0 amide bonds. The number of halogens is 3. The van der Waals surface area contributed by atoms with Crippen LogP contribution in [0.5, 0.6) is 0 Å². The Morgan fingerprint density at radius 1 is 1.25 bits per heavy atom. The van der Waals surface area contributed by atoms with Crippen molar-refractivity contribution in [3.05, 3.63) is 52.2 Å². The first kappa shape index (κ1) is 19.1. The first-order chi connectivity index (χ1) is 13.1. The summed E-state index contributed by atoms with van der Waals surface area (Å²) in [6.45, 7) is 2.26. The molecule has 1 aliphatic heterocycles. The standard InChI is InChI=1S/C17H14F3N3O3S2/c1-10-3-2-4-12(7-10)28(24,25)23-6-5-11-8-13(27-14(11)9-23)15-21-16(26-22-15)17(18,19)20/h2-4,7-8H,5-6,9H2,1H3. The molecule has 0 aliphatic carbocycles. The summed E-state index contributed by atoms with van der Waals surface area (Å²) < 4.78 is 69.4. The van der Waals surface area contributed by atoms with Crippen LogP contribution in [0.3, 0.4) is 0 Å². The zero-order valence-electron chi connectivity index (χ0n) is 14.5. The number of benzene rings is 1. The molecular weight excluding hydrogens is 415 g/mol. The van der Waals surface area contributed by atoms with Crippen molar-refractivity contribution in [2.75, 3.05) is 6.54 Å². The van der Waals surface area contributed by atoms with E-state index in [4.69, 9.17) is 0 Å². The number of nitrogens with zero attached hydrogens (tertiary/aromatic N) is 3. The fraction of sp³-hybridized carbons (Fsp3) is 0.294. The predicted octanol–water partition coefficient (Wildman–Crippen LogP) is 3.87. The average molecular weight is 429 g/mol. The van der Waals surface area contributed by atoms with Crippen molar-refractivity contribution in [3.8, 4) is 10.7 Å². The molecule has 0 bridgehead atoms. The number of rotatable bonds is 3. The van der Waals surface area contributed by atoms with Gasteiger partial charge in [-0.1, -0.05) is 17.3 Å². The molecule has 148 valence electrons. The molecule has 0 unspecified atom stereocenters. The molecule has 0 saturated carbocycles. The lowest BCUT2D eigenvalue weighted by Gasteiger charge is -2.26. The third-order valence-corrected chi connectivity index (χ3v) is 7.36. The van der Waals surface area contributed by atoms with Gasteiger partial charge in [0.25, 0.3) is 0 Å². The van der Waals surface area contributed by atoms with Crippen LogP contribution in [0.2, 0.25) is 0 Å². The van der Waals surface area contributed by atoms with Gasteiger partial charge in [-0.3, -0.25) is 0 Å². The molecule has 1 aliphatic rings. The maximum Gasteiger partial charge on any atom is 0.471 e. The summed E-state index contributed by atoms with van der Waals surface area (Å²) in [6, 6.07) is 8.37. The van der Waals surface area contributed by atoms with E-state index in [1.165, 1.54) is 15.6 Å². The molecule has 1 aromatic carbocycles. The highest BCUT2D eigenvalue weighted by Gasteiger charge is 2.39. The van der Waals surface area contributed by atoms with Crippen molar-refractivity contribution in [1.29, 1.82) is 0 Å². The Morgan fingerprint density at radius 3 is 2.71 bits per heavy atom. The van der Waals surface area contributed by atoms with Crippen LogP contribution < -0.4 is 0 Å². The summed E-state index contributed by atoms with van der Waals surface area (Å²) in [4.78, 5) is 4.79. The van der Waals surface area contributed by atoms with E-state index in [1.807, 2.05) is 13.0 Å². The molecule has 3 aromatic rings. The van der Waals surface area contributed by atoms with E-state index in [-0.39, 0.29) is 17.3 Å². The maximum atomic E-state index is 12.9. The zero-order chi connectivity index (χ0) is 20.1. The van der Waals surface area contributed by atoms with Crippen LogP contribution in [0.4, 0.5) is 13.2 Å². The topological polar surface area (TPSA) is 76.3 Å². The minimum Gasteiger partial charge on any atom is -0.329 e. The fourth-order valence-corrected chi connectivity index (χ4v) is 5.72. The number of thiophene rings is 1. The van der Waals surface area contributed by atoms with Crippen LogP contribution in [0.1, 0.15) is 21.9 Å². The van der Waals surface area contributed by atoms with E-state index >= 15 is 0 Å². The lowest BCUT2D eigenvalue weighted by atomic mass is 10.1. The van der Waals surface area contributed by atoms with E-state index in [1.54, 1.807) is 24.3 Å². The molecule has 0 N–H and O–H groups in total. The van der Waals surface area contributed by atoms with Gasteiger partial charge in [0.1, 0.15) is 0 Å². The van der Waals surface area contributed by atoms with Crippen LogP contribution in [0.25, 0.3) is 10.7 Å². The summed E-state index contributed by atoms with van der Waals surface area (Å²) in [5, 5.41) is 3.39. The smallest absolute Gasteiger partial charge is 0.329 e. The third kappa shape index (κ3) is 3.45. The van der Waals surface area contributed by atoms with E-state index in [9.17, 15) is 21.6 Å². The second-order valence-electron chi connectivity index (χ2n) is 6.39. The first-order valence-corrected chi connectivity index (χ1v) is 10.5. The number of sulfonamides is 1. The molecule has 6 nitrogen and oxygen atoms in total. The average Bonchev–Trinajstić information content (AvgIpc) is 3.27. The molecule has 11 heteroatoms. The van der Waals surface area contributed by atoms with E-state index in [0.717, 1.165) is 16.0 Å². The van der Waals surface area contributed by atoms with Gasteiger partial charge in [0.15, 0.2) is 0 Å². The van der Waals surface area contributed by atoms with E-state index < -0.39 is 22.1 Å². The number of aryl methyl sites for hydroxylation is 1. The summed E-state index contributed by atoms with van der Waals surface area (Å²) >= 11 is 1.17. The van der Waals surface area contributed by atoms with Gasteiger partial charge in [-0.25, -0.2) is 8.42 Å². The van der Waals surface area contributed by atoms with Gasteiger partial charge in [-0.05, 0) is 42.7 Å². The Morgan fingerprint density at radius 2 is 2.04 bits per heavy atom. The van der Waals surface area contributed by atoms with Crippen LogP contribution in [0.15, 0.2) is 39.8 Å². The number of hydrogen-bond donors (Lipinski definition) is 0. The SMILES string of the molecule is Cc1cccc(S(=O)(=O)N2CCc3cc(-c4noc(C(F)(F)F)n4)sc3C2)c1. The highest BCUT2D eigenvalue weighted by molar-refractivity contribution is 7.89. The number of fused-ring (bicyclic) bond motifs is 1. The molecule has 0 atom stereocenters. The van der Waals surface area contributed by atoms with Crippen molar-refractivity contribution in [3.63, 3.8) is 0 Å². The van der Waals surface area contributed by atoms with Gasteiger partial charge < -0.3 is 4.52 Å². The Hall–Kier alpha value is -2.24. The molecule has 28 heavy (non-hydrogen) atoms. The van der Waals surface area contributed by atoms with E-state index in [2.05, 4.69) is 14.7 Å². The Bertz CT molecular complexity index is 1140. The summed E-state index contributed by atoms with van der Waals surface area (Å²) in [6.07, 6.45) is -4.25. The van der Waals surface area contributed by atoms with Gasteiger partial charge in [-0.2, -0.15) is 22.5 Å². The van der Waals surface area contributed by atoms with E-state index in [0.29, 0.717) is 17.8 Å². The molecule has 3 heterocycles. The molecule has 0 saturated heterocycles.